The van der Waals surface area contributed by atoms with Crippen LogP contribution in [0.25, 0.3) is 0 Å². The van der Waals surface area contributed by atoms with E-state index in [0.717, 1.165) is 0 Å². The summed E-state index contributed by atoms with van der Waals surface area (Å²) in [7, 11) is 0. The summed E-state index contributed by atoms with van der Waals surface area (Å²) in [6.07, 6.45) is 1.12. The van der Waals surface area contributed by atoms with Crippen molar-refractivity contribution in [1.82, 2.24) is 5.32 Å². The Balaban J connectivity index is 2.44. The molecule has 78 valence electrons. The fourth-order valence-electron chi connectivity index (χ4n) is 1.10. The van der Waals surface area contributed by atoms with Crippen molar-refractivity contribution in [3.05, 3.63) is 34.9 Å². The molecule has 0 aliphatic carbocycles. The van der Waals surface area contributed by atoms with Crippen LogP contribution in [0.15, 0.2) is 24.3 Å². The van der Waals surface area contributed by atoms with E-state index in [0.29, 0.717) is 30.0 Å². The lowest BCUT2D eigenvalue weighted by atomic mass is 10.2. The zero-order chi connectivity index (χ0) is 11.1. The van der Waals surface area contributed by atoms with Crippen LogP contribution in [-0.4, -0.2) is 12.5 Å². The SMILES string of the molecule is N#CCCCNC(=O)c1cccc(Cl)c1. The number of benzene rings is 1. The summed E-state index contributed by atoms with van der Waals surface area (Å²) in [6.45, 7) is 0.513. The minimum Gasteiger partial charge on any atom is -0.352 e. The Labute approximate surface area is 93.7 Å². The van der Waals surface area contributed by atoms with Crippen LogP contribution in [0.1, 0.15) is 23.2 Å². The molecule has 0 heterocycles. The van der Waals surface area contributed by atoms with Crippen molar-refractivity contribution in [2.24, 2.45) is 0 Å². The molecule has 0 spiro atoms. The number of hydrogen-bond donors (Lipinski definition) is 1. The van der Waals surface area contributed by atoms with Gasteiger partial charge in [0.05, 0.1) is 6.07 Å². The predicted octanol–water partition coefficient (Wildman–Crippen LogP) is 2.37. The van der Waals surface area contributed by atoms with Gasteiger partial charge in [0, 0.05) is 23.6 Å². The molecule has 1 aromatic carbocycles. The molecule has 0 aliphatic heterocycles. The van der Waals surface area contributed by atoms with Crippen LogP contribution in [0.4, 0.5) is 0 Å². The highest BCUT2D eigenvalue weighted by molar-refractivity contribution is 6.30. The lowest BCUT2D eigenvalue weighted by molar-refractivity contribution is 0.0953. The molecule has 0 atom stereocenters. The zero-order valence-corrected chi connectivity index (χ0v) is 8.92. The van der Waals surface area contributed by atoms with Gasteiger partial charge in [-0.05, 0) is 24.6 Å². The quantitative estimate of drug-likeness (QED) is 0.796. The Morgan fingerprint density at radius 2 is 2.33 bits per heavy atom. The topological polar surface area (TPSA) is 52.9 Å². The smallest absolute Gasteiger partial charge is 0.251 e. The van der Waals surface area contributed by atoms with E-state index in [9.17, 15) is 4.79 Å². The van der Waals surface area contributed by atoms with Crippen molar-refractivity contribution in [3.8, 4) is 6.07 Å². The molecule has 0 radical (unpaired) electrons. The molecule has 15 heavy (non-hydrogen) atoms. The van der Waals surface area contributed by atoms with Gasteiger partial charge in [0.15, 0.2) is 0 Å². The molecule has 0 bridgehead atoms. The molecule has 1 N–H and O–H groups in total. The summed E-state index contributed by atoms with van der Waals surface area (Å²) < 4.78 is 0. The number of carbonyl (C=O) groups excluding carboxylic acids is 1. The van der Waals surface area contributed by atoms with Gasteiger partial charge in [-0.3, -0.25) is 4.79 Å². The van der Waals surface area contributed by atoms with E-state index < -0.39 is 0 Å². The molecule has 0 unspecified atom stereocenters. The third kappa shape index (κ3) is 4.01. The van der Waals surface area contributed by atoms with Gasteiger partial charge >= 0.3 is 0 Å². The largest absolute Gasteiger partial charge is 0.352 e. The van der Waals surface area contributed by atoms with Gasteiger partial charge in [0.25, 0.3) is 5.91 Å². The number of nitriles is 1. The van der Waals surface area contributed by atoms with Crippen LogP contribution in [-0.2, 0) is 0 Å². The van der Waals surface area contributed by atoms with Crippen molar-refractivity contribution >= 4 is 17.5 Å². The van der Waals surface area contributed by atoms with Gasteiger partial charge in [-0.15, -0.1) is 0 Å². The van der Waals surface area contributed by atoms with Gasteiger partial charge in [-0.1, -0.05) is 17.7 Å². The minimum atomic E-state index is -0.157. The zero-order valence-electron chi connectivity index (χ0n) is 8.16. The Kier molecular flexibility index (Phi) is 4.65. The maximum Gasteiger partial charge on any atom is 0.251 e. The van der Waals surface area contributed by atoms with E-state index in [4.69, 9.17) is 16.9 Å². The number of unbranched alkanes of at least 4 members (excludes halogenated alkanes) is 1. The molecule has 1 aromatic rings. The first-order valence-corrected chi connectivity index (χ1v) is 5.02. The van der Waals surface area contributed by atoms with Crippen molar-refractivity contribution in [2.45, 2.75) is 12.8 Å². The highest BCUT2D eigenvalue weighted by atomic mass is 35.5. The van der Waals surface area contributed by atoms with E-state index in [-0.39, 0.29) is 5.91 Å². The van der Waals surface area contributed by atoms with E-state index in [1.807, 2.05) is 6.07 Å². The fraction of sp³-hybridized carbons (Fsp3) is 0.273. The first-order valence-electron chi connectivity index (χ1n) is 4.65. The Hall–Kier alpha value is -1.53. The van der Waals surface area contributed by atoms with Gasteiger partial charge < -0.3 is 5.32 Å². The van der Waals surface area contributed by atoms with Crippen molar-refractivity contribution in [3.63, 3.8) is 0 Å². The number of amides is 1. The fourth-order valence-corrected chi connectivity index (χ4v) is 1.29. The third-order valence-electron chi connectivity index (χ3n) is 1.84. The third-order valence-corrected chi connectivity index (χ3v) is 2.07. The predicted molar refractivity (Wildman–Crippen MR) is 58.6 cm³/mol. The van der Waals surface area contributed by atoms with E-state index in [1.54, 1.807) is 24.3 Å². The Bertz CT molecular complexity index is 384. The molecule has 3 nitrogen and oxygen atoms in total. The summed E-state index contributed by atoms with van der Waals surface area (Å²) >= 11 is 5.75. The maximum absolute atomic E-state index is 11.5. The molecule has 1 rings (SSSR count). The molecule has 4 heteroatoms. The van der Waals surface area contributed by atoms with Crippen LogP contribution in [0.3, 0.4) is 0 Å². The maximum atomic E-state index is 11.5. The molecule has 0 aliphatic rings. The molecule has 0 saturated heterocycles. The highest BCUT2D eigenvalue weighted by Crippen LogP contribution is 2.10. The summed E-state index contributed by atoms with van der Waals surface area (Å²) in [4.78, 5) is 11.5. The standard InChI is InChI=1S/C11H11ClN2O/c12-10-5-3-4-9(8-10)11(15)14-7-2-1-6-13/h3-5,8H,1-2,7H2,(H,14,15). The van der Waals surface area contributed by atoms with Crippen LogP contribution >= 0.6 is 11.6 Å². The van der Waals surface area contributed by atoms with Gasteiger partial charge in [-0.25, -0.2) is 0 Å². The van der Waals surface area contributed by atoms with Crippen LogP contribution < -0.4 is 5.32 Å². The highest BCUT2D eigenvalue weighted by Gasteiger charge is 2.04. The summed E-state index contributed by atoms with van der Waals surface area (Å²) in [5.41, 5.74) is 0.541. The molecule has 1 amide bonds. The van der Waals surface area contributed by atoms with Crippen LogP contribution in [0.2, 0.25) is 5.02 Å². The second-order valence-electron chi connectivity index (χ2n) is 3.03. The number of nitrogens with one attached hydrogen (secondary N) is 1. The summed E-state index contributed by atoms with van der Waals surface area (Å²) in [5.74, 6) is -0.157. The molecular formula is C11H11ClN2O. The van der Waals surface area contributed by atoms with Gasteiger partial charge in [-0.2, -0.15) is 5.26 Å². The monoisotopic (exact) mass is 222 g/mol. The average Bonchev–Trinajstić information content (AvgIpc) is 2.24. The normalized spacial score (nSPS) is 9.33. The van der Waals surface area contributed by atoms with E-state index in [2.05, 4.69) is 5.32 Å². The second kappa shape index (κ2) is 6.05. The molecule has 0 aromatic heterocycles. The van der Waals surface area contributed by atoms with Crippen LogP contribution in [0.5, 0.6) is 0 Å². The Morgan fingerprint density at radius 1 is 1.53 bits per heavy atom. The van der Waals surface area contributed by atoms with Gasteiger partial charge in [0.2, 0.25) is 0 Å². The van der Waals surface area contributed by atoms with Crippen molar-refractivity contribution in [2.75, 3.05) is 6.54 Å². The molecule has 0 fully saturated rings. The lowest BCUT2D eigenvalue weighted by Gasteiger charge is -2.03. The first kappa shape index (κ1) is 11.5. The van der Waals surface area contributed by atoms with E-state index in [1.165, 1.54) is 0 Å². The minimum absolute atomic E-state index is 0.157. The number of hydrogen-bond acceptors (Lipinski definition) is 2. The number of halogens is 1. The first-order chi connectivity index (χ1) is 7.24. The summed E-state index contributed by atoms with van der Waals surface area (Å²) in [6, 6.07) is 8.78. The number of nitrogens with zero attached hydrogens (tertiary/aromatic N) is 1. The lowest BCUT2D eigenvalue weighted by Crippen LogP contribution is -2.24. The van der Waals surface area contributed by atoms with Gasteiger partial charge in [0.1, 0.15) is 0 Å². The molecular weight excluding hydrogens is 212 g/mol. The number of carbonyl (C=O) groups is 1. The second-order valence-corrected chi connectivity index (χ2v) is 3.46. The number of rotatable bonds is 4. The molecule has 0 saturated carbocycles. The average molecular weight is 223 g/mol. The van der Waals surface area contributed by atoms with Crippen LogP contribution in [0, 0.1) is 11.3 Å². The van der Waals surface area contributed by atoms with Crippen molar-refractivity contribution in [1.29, 1.82) is 5.26 Å². The van der Waals surface area contributed by atoms with E-state index >= 15 is 0 Å². The van der Waals surface area contributed by atoms with Crippen molar-refractivity contribution < 1.29 is 4.79 Å². The summed E-state index contributed by atoms with van der Waals surface area (Å²) in [5, 5.41) is 11.6. The Morgan fingerprint density at radius 3 is 3.00 bits per heavy atom.